The predicted octanol–water partition coefficient (Wildman–Crippen LogP) is 3.81. The van der Waals surface area contributed by atoms with Crippen molar-refractivity contribution in [1.82, 2.24) is 9.97 Å². The molecule has 96 valence electrons. The summed E-state index contributed by atoms with van der Waals surface area (Å²) in [6.07, 6.45) is 2.58. The second-order valence-electron chi connectivity index (χ2n) is 4.52. The van der Waals surface area contributed by atoms with E-state index in [9.17, 15) is 0 Å². The van der Waals surface area contributed by atoms with E-state index >= 15 is 0 Å². The molecule has 2 heterocycles. The van der Waals surface area contributed by atoms with Gasteiger partial charge in [0.05, 0.1) is 5.39 Å². The molecule has 3 rings (SSSR count). The van der Waals surface area contributed by atoms with Crippen LogP contribution in [0.25, 0.3) is 21.3 Å². The Morgan fingerprint density at radius 1 is 1.16 bits per heavy atom. The van der Waals surface area contributed by atoms with Crippen molar-refractivity contribution in [2.24, 2.45) is 0 Å². The molecule has 0 aliphatic rings. The molecule has 0 saturated carbocycles. The van der Waals surface area contributed by atoms with Crippen LogP contribution in [0.5, 0.6) is 0 Å². The minimum Gasteiger partial charge on any atom is -0.383 e. The van der Waals surface area contributed by atoms with Crippen LogP contribution in [0.1, 0.15) is 17.4 Å². The van der Waals surface area contributed by atoms with Crippen LogP contribution in [-0.2, 0) is 6.42 Å². The number of nitrogens with zero attached hydrogens (tertiary/aromatic N) is 2. The van der Waals surface area contributed by atoms with Gasteiger partial charge in [0, 0.05) is 10.4 Å². The van der Waals surface area contributed by atoms with Gasteiger partial charge in [0.1, 0.15) is 17.0 Å². The molecule has 0 spiro atoms. The molecular formula is C15H15N3S. The number of benzene rings is 1. The van der Waals surface area contributed by atoms with Crippen LogP contribution in [-0.4, -0.2) is 9.97 Å². The van der Waals surface area contributed by atoms with E-state index < -0.39 is 0 Å². The number of aryl methyl sites for hydroxylation is 2. The van der Waals surface area contributed by atoms with Crippen LogP contribution in [0.4, 0.5) is 5.82 Å². The summed E-state index contributed by atoms with van der Waals surface area (Å²) < 4.78 is 0. The molecule has 0 fully saturated rings. The van der Waals surface area contributed by atoms with Crippen LogP contribution in [0.3, 0.4) is 0 Å². The molecule has 4 heteroatoms. The van der Waals surface area contributed by atoms with Crippen molar-refractivity contribution in [3.63, 3.8) is 0 Å². The fraction of sp³-hybridized carbons (Fsp3) is 0.200. The first kappa shape index (κ1) is 12.1. The molecule has 0 saturated heterocycles. The van der Waals surface area contributed by atoms with Crippen LogP contribution < -0.4 is 5.73 Å². The van der Waals surface area contributed by atoms with E-state index in [0.29, 0.717) is 5.82 Å². The Bertz CT molecular complexity index is 729. The normalized spacial score (nSPS) is 11.1. The molecule has 0 bridgehead atoms. The Balaban J connectivity index is 2.26. The monoisotopic (exact) mass is 269 g/mol. The summed E-state index contributed by atoms with van der Waals surface area (Å²) in [4.78, 5) is 10.6. The topological polar surface area (TPSA) is 51.8 Å². The van der Waals surface area contributed by atoms with Gasteiger partial charge in [-0.05, 0) is 24.5 Å². The number of hydrogen-bond donors (Lipinski definition) is 1. The maximum Gasteiger partial charge on any atom is 0.136 e. The third-order valence-corrected chi connectivity index (χ3v) is 4.36. The molecule has 0 aliphatic heterocycles. The molecular weight excluding hydrogens is 254 g/mol. The lowest BCUT2D eigenvalue weighted by Gasteiger charge is -2.04. The Labute approximate surface area is 116 Å². The smallest absolute Gasteiger partial charge is 0.136 e. The third-order valence-electron chi connectivity index (χ3n) is 3.34. The second kappa shape index (κ2) is 4.63. The van der Waals surface area contributed by atoms with E-state index in [2.05, 4.69) is 48.1 Å². The van der Waals surface area contributed by atoms with Crippen molar-refractivity contribution < 1.29 is 0 Å². The van der Waals surface area contributed by atoms with Gasteiger partial charge in [-0.1, -0.05) is 31.2 Å². The van der Waals surface area contributed by atoms with E-state index in [1.807, 2.05) is 0 Å². The minimum absolute atomic E-state index is 0.559. The highest BCUT2D eigenvalue weighted by Gasteiger charge is 2.14. The van der Waals surface area contributed by atoms with Crippen molar-refractivity contribution in [2.75, 3.05) is 5.73 Å². The molecule has 0 aliphatic carbocycles. The van der Waals surface area contributed by atoms with Gasteiger partial charge in [-0.25, -0.2) is 9.97 Å². The summed E-state index contributed by atoms with van der Waals surface area (Å²) in [5.41, 5.74) is 9.71. The van der Waals surface area contributed by atoms with Crippen LogP contribution >= 0.6 is 11.3 Å². The summed E-state index contributed by atoms with van der Waals surface area (Å²) in [6, 6.07) is 8.63. The number of anilines is 1. The molecule has 0 atom stereocenters. The lowest BCUT2D eigenvalue weighted by Crippen LogP contribution is -1.92. The highest BCUT2D eigenvalue weighted by atomic mass is 32.1. The first-order chi connectivity index (χ1) is 9.20. The Morgan fingerprint density at radius 3 is 2.58 bits per heavy atom. The van der Waals surface area contributed by atoms with Gasteiger partial charge in [-0.15, -0.1) is 11.3 Å². The highest BCUT2D eigenvalue weighted by Crippen LogP contribution is 2.39. The van der Waals surface area contributed by atoms with Crippen LogP contribution in [0.2, 0.25) is 0 Å². The first-order valence-corrected chi connectivity index (χ1v) is 7.11. The van der Waals surface area contributed by atoms with Gasteiger partial charge in [0.2, 0.25) is 0 Å². The number of thiophene rings is 1. The fourth-order valence-electron chi connectivity index (χ4n) is 2.32. The summed E-state index contributed by atoms with van der Waals surface area (Å²) in [7, 11) is 0. The zero-order valence-corrected chi connectivity index (χ0v) is 11.8. The molecule has 3 nitrogen and oxygen atoms in total. The first-order valence-electron chi connectivity index (χ1n) is 6.29. The lowest BCUT2D eigenvalue weighted by atomic mass is 10.0. The fourth-order valence-corrected chi connectivity index (χ4v) is 3.34. The van der Waals surface area contributed by atoms with Crippen molar-refractivity contribution in [1.29, 1.82) is 0 Å². The summed E-state index contributed by atoms with van der Waals surface area (Å²) in [5, 5.41) is 0.981. The molecule has 0 radical (unpaired) electrons. The van der Waals surface area contributed by atoms with Gasteiger partial charge in [0.25, 0.3) is 0 Å². The van der Waals surface area contributed by atoms with Crippen molar-refractivity contribution >= 4 is 27.4 Å². The standard InChI is InChI=1S/C15H15N3S/c1-3-10-4-6-11(7-5-10)12-9(2)19-15-13(12)14(16)17-8-18-15/h4-8H,3H2,1-2H3,(H2,16,17,18). The second-order valence-corrected chi connectivity index (χ2v) is 5.73. The largest absolute Gasteiger partial charge is 0.383 e. The van der Waals surface area contributed by atoms with E-state index in [-0.39, 0.29) is 0 Å². The molecule has 2 N–H and O–H groups in total. The molecule has 3 aromatic rings. The zero-order valence-electron chi connectivity index (χ0n) is 11.0. The number of rotatable bonds is 2. The Hall–Kier alpha value is -1.94. The van der Waals surface area contributed by atoms with Gasteiger partial charge >= 0.3 is 0 Å². The van der Waals surface area contributed by atoms with Crippen LogP contribution in [0, 0.1) is 6.92 Å². The average molecular weight is 269 g/mol. The van der Waals surface area contributed by atoms with Crippen molar-refractivity contribution in [3.05, 3.63) is 41.0 Å². The number of nitrogens with two attached hydrogens (primary N) is 1. The number of fused-ring (bicyclic) bond motifs is 1. The Morgan fingerprint density at radius 2 is 1.89 bits per heavy atom. The van der Waals surface area contributed by atoms with Gasteiger partial charge in [0.15, 0.2) is 0 Å². The molecule has 0 amide bonds. The summed E-state index contributed by atoms with van der Waals surface area (Å²) >= 11 is 1.67. The molecule has 2 aromatic heterocycles. The summed E-state index contributed by atoms with van der Waals surface area (Å²) in [5.74, 6) is 0.559. The zero-order chi connectivity index (χ0) is 13.4. The van der Waals surface area contributed by atoms with Crippen LogP contribution in [0.15, 0.2) is 30.6 Å². The minimum atomic E-state index is 0.559. The van der Waals surface area contributed by atoms with Crippen molar-refractivity contribution in [3.8, 4) is 11.1 Å². The maximum absolute atomic E-state index is 6.02. The van der Waals surface area contributed by atoms with Crippen molar-refractivity contribution in [2.45, 2.75) is 20.3 Å². The molecule has 0 unspecified atom stereocenters. The molecule has 19 heavy (non-hydrogen) atoms. The number of aromatic nitrogens is 2. The highest BCUT2D eigenvalue weighted by molar-refractivity contribution is 7.19. The SMILES string of the molecule is CCc1ccc(-c2c(C)sc3ncnc(N)c23)cc1. The number of nitrogen functional groups attached to an aromatic ring is 1. The van der Waals surface area contributed by atoms with Gasteiger partial charge in [-0.2, -0.15) is 0 Å². The quantitative estimate of drug-likeness (QED) is 0.769. The summed E-state index contributed by atoms with van der Waals surface area (Å²) in [6.45, 7) is 4.26. The lowest BCUT2D eigenvalue weighted by molar-refractivity contribution is 1.14. The van der Waals surface area contributed by atoms with E-state index in [4.69, 9.17) is 5.73 Å². The molecule has 1 aromatic carbocycles. The van der Waals surface area contributed by atoms with E-state index in [0.717, 1.165) is 16.6 Å². The van der Waals surface area contributed by atoms with Gasteiger partial charge in [-0.3, -0.25) is 0 Å². The average Bonchev–Trinajstić information content (AvgIpc) is 2.76. The van der Waals surface area contributed by atoms with E-state index in [1.165, 1.54) is 27.9 Å². The predicted molar refractivity (Wildman–Crippen MR) is 81.4 cm³/mol. The Kier molecular flexibility index (Phi) is 2.95. The maximum atomic E-state index is 6.02. The van der Waals surface area contributed by atoms with E-state index in [1.54, 1.807) is 11.3 Å². The van der Waals surface area contributed by atoms with Gasteiger partial charge < -0.3 is 5.73 Å². The number of hydrogen-bond acceptors (Lipinski definition) is 4. The third kappa shape index (κ3) is 1.98.